The summed E-state index contributed by atoms with van der Waals surface area (Å²) in [5.74, 6) is 0.833. The Hall–Kier alpha value is -0.545. The molecule has 0 saturated heterocycles. The molecule has 13 heavy (non-hydrogen) atoms. The quantitative estimate of drug-likeness (QED) is 0.542. The first-order valence-electron chi connectivity index (χ1n) is 4.41. The minimum atomic E-state index is -0.778. The molecule has 3 nitrogen and oxygen atoms in total. The molecule has 0 spiro atoms. The van der Waals surface area contributed by atoms with Gasteiger partial charge in [0.1, 0.15) is 5.82 Å². The topological polar surface area (TPSA) is 46.0 Å². The second kappa shape index (κ2) is 5.24. The van der Waals surface area contributed by atoms with E-state index in [1.165, 1.54) is 0 Å². The van der Waals surface area contributed by atoms with E-state index in [0.29, 0.717) is 5.46 Å². The molecule has 0 aromatic carbocycles. The second-order valence-corrected chi connectivity index (χ2v) is 3.40. The van der Waals surface area contributed by atoms with Gasteiger partial charge >= 0.3 is 6.19 Å². The van der Waals surface area contributed by atoms with Crippen LogP contribution in [0.1, 0.15) is 25.6 Å². The summed E-state index contributed by atoms with van der Waals surface area (Å²) in [5.41, 5.74) is 0.642. The molecule has 0 bridgehead atoms. The van der Waals surface area contributed by atoms with Crippen molar-refractivity contribution in [2.75, 3.05) is 0 Å². The Morgan fingerprint density at radius 1 is 1.46 bits per heavy atom. The fourth-order valence-electron chi connectivity index (χ4n) is 0.962. The van der Waals surface area contributed by atoms with Crippen molar-refractivity contribution >= 4 is 24.1 Å². The van der Waals surface area contributed by atoms with Gasteiger partial charge in [-0.2, -0.15) is 12.5 Å². The molecule has 70 valence electrons. The van der Waals surface area contributed by atoms with Gasteiger partial charge in [-0.15, -0.1) is 0 Å². The van der Waals surface area contributed by atoms with Crippen molar-refractivity contribution in [3.63, 3.8) is 0 Å². The number of thiol groups is 1. The monoisotopic (exact) mass is 196 g/mol. The van der Waals surface area contributed by atoms with Gasteiger partial charge in [0.2, 0.25) is 0 Å². The van der Waals surface area contributed by atoms with Gasteiger partial charge in [0, 0.05) is 18.8 Å². The molecule has 0 radical (unpaired) electrons. The van der Waals surface area contributed by atoms with E-state index < -0.39 is 6.19 Å². The zero-order valence-electron chi connectivity index (χ0n) is 7.64. The van der Waals surface area contributed by atoms with Crippen molar-refractivity contribution in [2.45, 2.75) is 26.2 Å². The zero-order chi connectivity index (χ0) is 9.68. The summed E-state index contributed by atoms with van der Waals surface area (Å²) in [7, 11) is 0. The molecule has 1 N–H and O–H groups in total. The summed E-state index contributed by atoms with van der Waals surface area (Å²) < 4.78 is 0. The first-order chi connectivity index (χ1) is 6.24. The number of hydrogen-bond donors (Lipinski definition) is 2. The van der Waals surface area contributed by atoms with Gasteiger partial charge in [0.25, 0.3) is 0 Å². The molecular formula is C8H13BN2OS. The van der Waals surface area contributed by atoms with E-state index in [1.54, 1.807) is 12.4 Å². The molecule has 0 amide bonds. The standard InChI is InChI=1S/C8H13BN2OS/c1-2-3-4-8-10-5-7(6-11-8)9(12)13/h5-6,12-13H,2-4H2,1H3. The Morgan fingerprint density at radius 3 is 2.54 bits per heavy atom. The van der Waals surface area contributed by atoms with E-state index >= 15 is 0 Å². The average Bonchev–Trinajstić information content (AvgIpc) is 2.15. The summed E-state index contributed by atoms with van der Waals surface area (Å²) in [6.07, 6.45) is 5.61. The molecule has 0 atom stereocenters. The molecule has 1 aromatic heterocycles. The Kier molecular flexibility index (Phi) is 4.25. The van der Waals surface area contributed by atoms with Gasteiger partial charge in [-0.25, -0.2) is 9.97 Å². The van der Waals surface area contributed by atoms with Gasteiger partial charge in [0.05, 0.1) is 0 Å². The molecular weight excluding hydrogens is 183 g/mol. The number of nitrogens with zero attached hydrogens (tertiary/aromatic N) is 2. The predicted octanol–water partition coefficient (Wildman–Crippen LogP) is 0.436. The highest BCUT2D eigenvalue weighted by molar-refractivity contribution is 8.10. The lowest BCUT2D eigenvalue weighted by Crippen LogP contribution is -2.25. The molecule has 0 unspecified atom stereocenters. The van der Waals surface area contributed by atoms with Crippen molar-refractivity contribution in [2.24, 2.45) is 0 Å². The Balaban J connectivity index is 2.59. The molecule has 0 aliphatic heterocycles. The summed E-state index contributed by atoms with van der Waals surface area (Å²) in [5, 5.41) is 9.07. The van der Waals surface area contributed by atoms with Gasteiger partial charge in [-0.05, 0) is 11.9 Å². The largest absolute Gasteiger partial charge is 0.438 e. The molecule has 1 aromatic rings. The van der Waals surface area contributed by atoms with E-state index in [2.05, 4.69) is 29.4 Å². The first kappa shape index (κ1) is 10.5. The van der Waals surface area contributed by atoms with E-state index in [0.717, 1.165) is 25.1 Å². The van der Waals surface area contributed by atoms with Crippen molar-refractivity contribution in [1.82, 2.24) is 9.97 Å². The van der Waals surface area contributed by atoms with Crippen LogP contribution in [0.2, 0.25) is 0 Å². The highest BCUT2D eigenvalue weighted by Gasteiger charge is 2.08. The number of rotatable bonds is 4. The van der Waals surface area contributed by atoms with E-state index in [1.807, 2.05) is 0 Å². The van der Waals surface area contributed by atoms with E-state index in [4.69, 9.17) is 5.02 Å². The van der Waals surface area contributed by atoms with Crippen molar-refractivity contribution in [3.8, 4) is 0 Å². The number of aryl methyl sites for hydroxylation is 1. The van der Waals surface area contributed by atoms with Gasteiger partial charge in [-0.1, -0.05) is 13.3 Å². The van der Waals surface area contributed by atoms with Crippen molar-refractivity contribution < 1.29 is 5.02 Å². The van der Waals surface area contributed by atoms with Crippen LogP contribution in [0.3, 0.4) is 0 Å². The zero-order valence-corrected chi connectivity index (χ0v) is 8.54. The smallest absolute Gasteiger partial charge is 0.394 e. The SMILES string of the molecule is CCCCc1ncc(B(O)S)cn1. The van der Waals surface area contributed by atoms with Crippen LogP contribution in [0, 0.1) is 0 Å². The van der Waals surface area contributed by atoms with E-state index in [9.17, 15) is 0 Å². The maximum absolute atomic E-state index is 9.07. The maximum Gasteiger partial charge on any atom is 0.394 e. The minimum Gasteiger partial charge on any atom is -0.438 e. The van der Waals surface area contributed by atoms with Crippen LogP contribution < -0.4 is 5.46 Å². The highest BCUT2D eigenvalue weighted by Crippen LogP contribution is 1.96. The van der Waals surface area contributed by atoms with Gasteiger partial charge in [-0.3, -0.25) is 0 Å². The van der Waals surface area contributed by atoms with Crippen LogP contribution in [0.5, 0.6) is 0 Å². The molecule has 1 rings (SSSR count). The summed E-state index contributed by atoms with van der Waals surface area (Å²) in [4.78, 5) is 8.23. The summed E-state index contributed by atoms with van der Waals surface area (Å²) in [6.45, 7) is 2.13. The summed E-state index contributed by atoms with van der Waals surface area (Å²) in [6, 6.07) is 0. The molecule has 0 aliphatic rings. The number of aromatic nitrogens is 2. The van der Waals surface area contributed by atoms with Gasteiger partial charge in [0.15, 0.2) is 0 Å². The molecule has 5 heteroatoms. The van der Waals surface area contributed by atoms with Crippen LogP contribution in [0.4, 0.5) is 0 Å². The third kappa shape index (κ3) is 3.36. The second-order valence-electron chi connectivity index (χ2n) is 2.91. The highest BCUT2D eigenvalue weighted by atomic mass is 32.1. The van der Waals surface area contributed by atoms with Crippen LogP contribution in [-0.2, 0) is 6.42 Å². The lowest BCUT2D eigenvalue weighted by atomic mass is 9.90. The van der Waals surface area contributed by atoms with Crippen LogP contribution >= 0.6 is 12.5 Å². The lowest BCUT2D eigenvalue weighted by Gasteiger charge is -2.00. The predicted molar refractivity (Wildman–Crippen MR) is 57.2 cm³/mol. The fourth-order valence-corrected chi connectivity index (χ4v) is 1.10. The maximum atomic E-state index is 9.07. The number of unbranched alkanes of at least 4 members (excludes halogenated alkanes) is 1. The third-order valence-corrected chi connectivity index (χ3v) is 2.08. The molecule has 1 heterocycles. The molecule has 0 saturated carbocycles. The fraction of sp³-hybridized carbons (Fsp3) is 0.500. The van der Waals surface area contributed by atoms with E-state index in [-0.39, 0.29) is 0 Å². The third-order valence-electron chi connectivity index (χ3n) is 1.78. The Morgan fingerprint density at radius 2 is 2.08 bits per heavy atom. The Bertz CT molecular complexity index is 253. The van der Waals surface area contributed by atoms with Crippen LogP contribution in [0.25, 0.3) is 0 Å². The average molecular weight is 196 g/mol. The van der Waals surface area contributed by atoms with Crippen molar-refractivity contribution in [1.29, 1.82) is 0 Å². The van der Waals surface area contributed by atoms with Gasteiger partial charge < -0.3 is 5.02 Å². The molecule has 0 aliphatic carbocycles. The normalized spacial score (nSPS) is 10.1. The minimum absolute atomic E-state index is 0.642. The Labute approximate surface area is 84.0 Å². The lowest BCUT2D eigenvalue weighted by molar-refractivity contribution is 0.609. The van der Waals surface area contributed by atoms with Crippen LogP contribution in [0.15, 0.2) is 12.4 Å². The van der Waals surface area contributed by atoms with Crippen molar-refractivity contribution in [3.05, 3.63) is 18.2 Å². The number of hydrogen-bond acceptors (Lipinski definition) is 4. The van der Waals surface area contributed by atoms with Crippen LogP contribution in [-0.4, -0.2) is 21.2 Å². The first-order valence-corrected chi connectivity index (χ1v) is 4.92. The molecule has 0 fully saturated rings. The summed E-state index contributed by atoms with van der Waals surface area (Å²) >= 11 is 3.87.